The largest absolute Gasteiger partial charge is 0.460 e. The Morgan fingerprint density at radius 3 is 2.56 bits per heavy atom. The molecule has 0 aromatic heterocycles. The molecule has 25 heavy (non-hydrogen) atoms. The maximum absolute atomic E-state index is 12.1. The Labute approximate surface area is 149 Å². The zero-order valence-corrected chi connectivity index (χ0v) is 16.0. The van der Waals surface area contributed by atoms with E-state index in [4.69, 9.17) is 4.74 Å². The number of carbonyl (C=O) groups is 2. The number of esters is 1. The van der Waals surface area contributed by atoms with E-state index < -0.39 is 5.60 Å². The normalized spacial score (nSPS) is 15.4. The third-order valence-corrected chi connectivity index (χ3v) is 4.36. The molecule has 5 nitrogen and oxygen atoms in total. The third kappa shape index (κ3) is 4.91. The lowest BCUT2D eigenvalue weighted by molar-refractivity contribution is -0.154. The minimum atomic E-state index is -0.501. The minimum absolute atomic E-state index is 0.0987. The highest BCUT2D eigenvalue weighted by molar-refractivity contribution is 5.99. The lowest BCUT2D eigenvalue weighted by Crippen LogP contribution is -2.30. The van der Waals surface area contributed by atoms with Crippen LogP contribution < -0.4 is 5.32 Å². The number of hydrogen-bond acceptors (Lipinski definition) is 4. The van der Waals surface area contributed by atoms with Crippen LogP contribution in [0, 0.1) is 0 Å². The SMILES string of the molecule is CC1=Nc2ccc(CC(=O)NCCC(=O)OC(C)(C)C)cc2C1(C)C. The van der Waals surface area contributed by atoms with Crippen molar-refractivity contribution in [2.75, 3.05) is 6.54 Å². The quantitative estimate of drug-likeness (QED) is 0.832. The topological polar surface area (TPSA) is 67.8 Å². The smallest absolute Gasteiger partial charge is 0.308 e. The fraction of sp³-hybridized carbons (Fsp3) is 0.550. The summed E-state index contributed by atoms with van der Waals surface area (Å²) in [5.41, 5.74) is 3.57. The molecule has 0 bridgehead atoms. The van der Waals surface area contributed by atoms with Crippen molar-refractivity contribution in [1.29, 1.82) is 0 Å². The zero-order chi connectivity index (χ0) is 18.8. The average molecular weight is 344 g/mol. The molecule has 0 unspecified atom stereocenters. The van der Waals surface area contributed by atoms with Gasteiger partial charge in [0.05, 0.1) is 18.5 Å². The Morgan fingerprint density at radius 2 is 1.92 bits per heavy atom. The summed E-state index contributed by atoms with van der Waals surface area (Å²) in [6.07, 6.45) is 0.462. The van der Waals surface area contributed by atoms with E-state index in [2.05, 4.69) is 30.2 Å². The van der Waals surface area contributed by atoms with Gasteiger partial charge in [0.1, 0.15) is 5.60 Å². The second-order valence-electron chi connectivity index (χ2n) is 8.04. The molecule has 1 heterocycles. The number of amides is 1. The molecule has 0 radical (unpaired) electrons. The zero-order valence-electron chi connectivity index (χ0n) is 16.0. The van der Waals surface area contributed by atoms with Gasteiger partial charge in [0, 0.05) is 17.7 Å². The van der Waals surface area contributed by atoms with E-state index in [0.717, 1.165) is 22.5 Å². The predicted octanol–water partition coefficient (Wildman–Crippen LogP) is 3.46. The van der Waals surface area contributed by atoms with Crippen molar-refractivity contribution in [1.82, 2.24) is 5.32 Å². The molecule has 1 aliphatic heterocycles. The van der Waals surface area contributed by atoms with Crippen LogP contribution in [0.2, 0.25) is 0 Å². The first-order valence-corrected chi connectivity index (χ1v) is 8.67. The number of ether oxygens (including phenoxy) is 1. The van der Waals surface area contributed by atoms with Crippen LogP contribution in [0.1, 0.15) is 59.1 Å². The van der Waals surface area contributed by atoms with Crippen molar-refractivity contribution < 1.29 is 14.3 Å². The van der Waals surface area contributed by atoms with E-state index in [-0.39, 0.29) is 36.7 Å². The average Bonchev–Trinajstić information content (AvgIpc) is 2.67. The van der Waals surface area contributed by atoms with Crippen LogP contribution in [0.25, 0.3) is 0 Å². The highest BCUT2D eigenvalue weighted by Crippen LogP contribution is 2.40. The van der Waals surface area contributed by atoms with Crippen LogP contribution >= 0.6 is 0 Å². The number of benzene rings is 1. The molecule has 1 aromatic carbocycles. The van der Waals surface area contributed by atoms with E-state index in [1.165, 1.54) is 0 Å². The highest BCUT2D eigenvalue weighted by Gasteiger charge is 2.32. The summed E-state index contributed by atoms with van der Waals surface area (Å²) in [5.74, 6) is -0.406. The Kier molecular flexibility index (Phi) is 5.35. The Hall–Kier alpha value is -2.17. The van der Waals surface area contributed by atoms with Crippen molar-refractivity contribution >= 4 is 23.3 Å². The Morgan fingerprint density at radius 1 is 1.24 bits per heavy atom. The monoisotopic (exact) mass is 344 g/mol. The van der Waals surface area contributed by atoms with Crippen molar-refractivity contribution in [3.05, 3.63) is 29.3 Å². The van der Waals surface area contributed by atoms with Gasteiger partial charge in [0.25, 0.3) is 0 Å². The predicted molar refractivity (Wildman–Crippen MR) is 99.4 cm³/mol. The molecule has 0 atom stereocenters. The van der Waals surface area contributed by atoms with Gasteiger partial charge < -0.3 is 10.1 Å². The van der Waals surface area contributed by atoms with Crippen molar-refractivity contribution in [2.24, 2.45) is 4.99 Å². The lowest BCUT2D eigenvalue weighted by atomic mass is 9.81. The highest BCUT2D eigenvalue weighted by atomic mass is 16.6. The van der Waals surface area contributed by atoms with Crippen LogP contribution in [-0.4, -0.2) is 29.7 Å². The summed E-state index contributed by atoms with van der Waals surface area (Å²) in [4.78, 5) is 28.3. The van der Waals surface area contributed by atoms with E-state index in [0.29, 0.717) is 0 Å². The molecule has 0 saturated heterocycles. The van der Waals surface area contributed by atoms with E-state index in [1.54, 1.807) is 0 Å². The fourth-order valence-corrected chi connectivity index (χ4v) is 2.75. The fourth-order valence-electron chi connectivity index (χ4n) is 2.75. The van der Waals surface area contributed by atoms with Gasteiger partial charge in [0.15, 0.2) is 0 Å². The van der Waals surface area contributed by atoms with Crippen molar-refractivity contribution in [2.45, 2.75) is 65.4 Å². The molecule has 0 aliphatic carbocycles. The van der Waals surface area contributed by atoms with Gasteiger partial charge in [-0.25, -0.2) is 0 Å². The molecule has 136 valence electrons. The number of rotatable bonds is 5. The molecule has 5 heteroatoms. The maximum atomic E-state index is 12.1. The Bertz CT molecular complexity index is 712. The van der Waals surface area contributed by atoms with E-state index in [1.807, 2.05) is 39.8 Å². The number of aliphatic imine (C=N–C) groups is 1. The molecular formula is C20H28N2O3. The molecule has 1 aliphatic rings. The van der Waals surface area contributed by atoms with Crippen molar-refractivity contribution in [3.63, 3.8) is 0 Å². The molecule has 0 fully saturated rings. The molecule has 0 saturated carbocycles. The third-order valence-electron chi connectivity index (χ3n) is 4.36. The van der Waals surface area contributed by atoms with E-state index >= 15 is 0 Å². The van der Waals surface area contributed by atoms with Crippen LogP contribution in [0.3, 0.4) is 0 Å². The second-order valence-corrected chi connectivity index (χ2v) is 8.04. The molecule has 1 N–H and O–H groups in total. The molecule has 1 amide bonds. The lowest BCUT2D eigenvalue weighted by Gasteiger charge is -2.20. The van der Waals surface area contributed by atoms with E-state index in [9.17, 15) is 9.59 Å². The first-order valence-electron chi connectivity index (χ1n) is 8.67. The first kappa shape index (κ1) is 19.2. The van der Waals surface area contributed by atoms with Gasteiger partial charge in [0.2, 0.25) is 5.91 Å². The van der Waals surface area contributed by atoms with Crippen LogP contribution in [-0.2, 0) is 26.2 Å². The minimum Gasteiger partial charge on any atom is -0.460 e. The van der Waals surface area contributed by atoms with Crippen LogP contribution in [0.5, 0.6) is 0 Å². The summed E-state index contributed by atoms with van der Waals surface area (Å²) in [6.45, 7) is 12.1. The maximum Gasteiger partial charge on any atom is 0.308 e. The standard InChI is InChI=1S/C20H28N2O3/c1-13-20(5,6)15-11-14(7-8-16(15)22-13)12-17(23)21-10-9-18(24)25-19(2,3)4/h7-8,11H,9-10,12H2,1-6H3,(H,21,23). The van der Waals surface area contributed by atoms with Crippen molar-refractivity contribution in [3.8, 4) is 0 Å². The summed E-state index contributed by atoms with van der Waals surface area (Å²) in [5, 5.41) is 2.78. The number of carbonyl (C=O) groups excluding carboxylic acids is 2. The Balaban J connectivity index is 1.87. The summed E-state index contributed by atoms with van der Waals surface area (Å²) >= 11 is 0. The summed E-state index contributed by atoms with van der Waals surface area (Å²) < 4.78 is 5.22. The first-order chi connectivity index (χ1) is 11.5. The van der Waals surface area contributed by atoms with Gasteiger partial charge in [-0.3, -0.25) is 14.6 Å². The molecular weight excluding hydrogens is 316 g/mol. The van der Waals surface area contributed by atoms with Gasteiger partial charge >= 0.3 is 5.97 Å². The molecule has 1 aromatic rings. The number of fused-ring (bicyclic) bond motifs is 1. The summed E-state index contributed by atoms with van der Waals surface area (Å²) in [6, 6.07) is 5.96. The van der Waals surface area contributed by atoms with Crippen LogP contribution in [0.15, 0.2) is 23.2 Å². The van der Waals surface area contributed by atoms with Gasteiger partial charge in [-0.15, -0.1) is 0 Å². The number of nitrogens with one attached hydrogen (secondary N) is 1. The number of hydrogen-bond donors (Lipinski definition) is 1. The molecule has 2 rings (SSSR count). The van der Waals surface area contributed by atoms with Gasteiger partial charge in [-0.2, -0.15) is 0 Å². The molecule has 0 spiro atoms. The van der Waals surface area contributed by atoms with Gasteiger partial charge in [-0.05, 0) is 44.9 Å². The van der Waals surface area contributed by atoms with Gasteiger partial charge in [-0.1, -0.05) is 26.0 Å². The summed E-state index contributed by atoms with van der Waals surface area (Å²) in [7, 11) is 0. The number of nitrogens with zero attached hydrogens (tertiary/aromatic N) is 1. The second kappa shape index (κ2) is 6.98. The van der Waals surface area contributed by atoms with Crippen LogP contribution in [0.4, 0.5) is 5.69 Å².